The van der Waals surface area contributed by atoms with Crippen LogP contribution in [-0.2, 0) is 10.3 Å². The van der Waals surface area contributed by atoms with E-state index in [0.717, 1.165) is 34.0 Å². The number of fused-ring (bicyclic) bond motifs is 1. The largest absolute Gasteiger partial charge is 0.343 e. The molecule has 140 valence electrons. The van der Waals surface area contributed by atoms with E-state index in [4.69, 9.17) is 0 Å². The standard InChI is InChI=1S/C21H25N5O/c1-14(2)26(9-5-8-23-26)13-18-15(3)11-21(4,24-20(18)27)17-6-7-19-16(10-17)12-22-25-19/h5-10,12,14H,11,13H2,1-4H3,(H-,22,24,25,27)/p+1. The summed E-state index contributed by atoms with van der Waals surface area (Å²) in [6, 6.07) is 6.46. The number of H-pyrrole nitrogens is 1. The van der Waals surface area contributed by atoms with Gasteiger partial charge in [0.25, 0.3) is 5.91 Å². The first-order chi connectivity index (χ1) is 12.8. The van der Waals surface area contributed by atoms with Crippen LogP contribution < -0.4 is 5.32 Å². The zero-order chi connectivity index (χ0) is 19.2. The van der Waals surface area contributed by atoms with Gasteiger partial charge in [-0.2, -0.15) is 9.69 Å². The number of carbonyl (C=O) groups is 1. The van der Waals surface area contributed by atoms with E-state index in [9.17, 15) is 4.79 Å². The highest BCUT2D eigenvalue weighted by Gasteiger charge is 2.41. The first-order valence-electron chi connectivity index (χ1n) is 9.39. The average Bonchev–Trinajstić information content (AvgIpc) is 3.27. The summed E-state index contributed by atoms with van der Waals surface area (Å²) in [7, 11) is 0. The topological polar surface area (TPSA) is 70.1 Å². The quantitative estimate of drug-likeness (QED) is 0.817. The molecule has 0 bridgehead atoms. The molecule has 2 atom stereocenters. The molecule has 0 spiro atoms. The molecular formula is C21H26N5O+. The number of quaternary nitrogens is 1. The number of aromatic nitrogens is 2. The summed E-state index contributed by atoms with van der Waals surface area (Å²) in [5.41, 5.74) is 3.63. The highest BCUT2D eigenvalue weighted by atomic mass is 16.2. The summed E-state index contributed by atoms with van der Waals surface area (Å²) < 4.78 is 0.442. The summed E-state index contributed by atoms with van der Waals surface area (Å²) >= 11 is 0. The maximum Gasteiger partial charge on any atom is 0.253 e. The number of hydrogen-bond donors (Lipinski definition) is 2. The Morgan fingerprint density at radius 1 is 1.33 bits per heavy atom. The van der Waals surface area contributed by atoms with Gasteiger partial charge in [0.05, 0.1) is 29.0 Å². The van der Waals surface area contributed by atoms with E-state index in [1.165, 1.54) is 0 Å². The number of amides is 1. The van der Waals surface area contributed by atoms with Gasteiger partial charge in [0.2, 0.25) is 0 Å². The lowest BCUT2D eigenvalue weighted by atomic mass is 9.80. The fourth-order valence-corrected chi connectivity index (χ4v) is 4.09. The minimum Gasteiger partial charge on any atom is -0.343 e. The van der Waals surface area contributed by atoms with Gasteiger partial charge in [-0.25, -0.2) is 0 Å². The molecule has 1 aromatic heterocycles. The van der Waals surface area contributed by atoms with Crippen LogP contribution in [0, 0.1) is 0 Å². The number of rotatable bonds is 4. The second-order valence-corrected chi connectivity index (χ2v) is 8.14. The van der Waals surface area contributed by atoms with Gasteiger partial charge in [-0.05, 0) is 51.8 Å². The smallest absolute Gasteiger partial charge is 0.253 e. The average molecular weight is 364 g/mol. The van der Waals surface area contributed by atoms with Crippen molar-refractivity contribution in [2.75, 3.05) is 6.54 Å². The van der Waals surface area contributed by atoms with Crippen molar-refractivity contribution in [2.45, 2.75) is 45.7 Å². The zero-order valence-electron chi connectivity index (χ0n) is 16.3. The first kappa shape index (κ1) is 17.7. The molecule has 6 nitrogen and oxygen atoms in total. The van der Waals surface area contributed by atoms with Crippen molar-refractivity contribution in [3.63, 3.8) is 0 Å². The lowest BCUT2D eigenvalue weighted by Gasteiger charge is -2.39. The molecule has 0 radical (unpaired) electrons. The van der Waals surface area contributed by atoms with Crippen molar-refractivity contribution in [1.29, 1.82) is 0 Å². The monoisotopic (exact) mass is 364 g/mol. The Kier molecular flexibility index (Phi) is 4.03. The molecule has 1 aromatic carbocycles. The highest BCUT2D eigenvalue weighted by Crippen LogP contribution is 2.36. The normalized spacial score (nSPS) is 27.8. The fourth-order valence-electron chi connectivity index (χ4n) is 4.09. The predicted molar refractivity (Wildman–Crippen MR) is 107 cm³/mol. The van der Waals surface area contributed by atoms with Crippen LogP contribution in [0.4, 0.5) is 0 Å². The van der Waals surface area contributed by atoms with Gasteiger partial charge < -0.3 is 5.32 Å². The van der Waals surface area contributed by atoms with Crippen molar-refractivity contribution >= 4 is 23.0 Å². The Hall–Kier alpha value is -2.73. The van der Waals surface area contributed by atoms with Crippen molar-refractivity contribution < 1.29 is 9.39 Å². The molecule has 2 unspecified atom stereocenters. The number of carbonyl (C=O) groups excluding carboxylic acids is 1. The lowest BCUT2D eigenvalue weighted by Crippen LogP contribution is -2.52. The van der Waals surface area contributed by atoms with E-state index in [1.807, 2.05) is 24.6 Å². The second kappa shape index (κ2) is 6.16. The zero-order valence-corrected chi connectivity index (χ0v) is 16.3. The molecule has 4 rings (SSSR count). The lowest BCUT2D eigenvalue weighted by molar-refractivity contribution is -0.899. The SMILES string of the molecule is CC1=C(C[N+]2(C(C)C)C=CC=N2)C(=O)NC(C)(c2ccc3[nH]ncc3c2)C1. The van der Waals surface area contributed by atoms with Crippen LogP contribution in [-0.4, -0.2) is 39.5 Å². The number of benzene rings is 1. The number of aromatic amines is 1. The Balaban J connectivity index is 1.67. The van der Waals surface area contributed by atoms with Gasteiger partial charge in [0.15, 0.2) is 0 Å². The van der Waals surface area contributed by atoms with Gasteiger partial charge in [-0.3, -0.25) is 9.89 Å². The summed E-state index contributed by atoms with van der Waals surface area (Å²) in [5, 5.41) is 16.0. The Morgan fingerprint density at radius 3 is 2.81 bits per heavy atom. The van der Waals surface area contributed by atoms with Crippen LogP contribution in [0.2, 0.25) is 0 Å². The molecule has 0 fully saturated rings. The molecule has 2 aromatic rings. The summed E-state index contributed by atoms with van der Waals surface area (Å²) in [6.07, 6.45) is 8.44. The number of nitrogens with one attached hydrogen (secondary N) is 2. The van der Waals surface area contributed by atoms with Crippen LogP contribution in [0.25, 0.3) is 10.9 Å². The van der Waals surface area contributed by atoms with E-state index >= 15 is 0 Å². The predicted octanol–water partition coefficient (Wildman–Crippen LogP) is 3.35. The third-order valence-electron chi connectivity index (χ3n) is 5.89. The van der Waals surface area contributed by atoms with Crippen LogP contribution in [0.5, 0.6) is 0 Å². The third-order valence-corrected chi connectivity index (χ3v) is 5.89. The minimum atomic E-state index is -0.428. The Morgan fingerprint density at radius 2 is 2.15 bits per heavy atom. The molecule has 6 heteroatoms. The molecule has 27 heavy (non-hydrogen) atoms. The van der Waals surface area contributed by atoms with Crippen molar-refractivity contribution in [3.05, 3.63) is 53.4 Å². The molecule has 3 heterocycles. The second-order valence-electron chi connectivity index (χ2n) is 8.14. The van der Waals surface area contributed by atoms with Gasteiger partial charge in [0, 0.05) is 11.5 Å². The van der Waals surface area contributed by atoms with Gasteiger partial charge in [0.1, 0.15) is 18.8 Å². The Bertz CT molecular complexity index is 985. The molecule has 2 aliphatic rings. The molecule has 2 N–H and O–H groups in total. The summed E-state index contributed by atoms with van der Waals surface area (Å²) in [5.74, 6) is 0.00203. The molecule has 1 amide bonds. The maximum atomic E-state index is 13.1. The third kappa shape index (κ3) is 2.90. The molecule has 2 aliphatic heterocycles. The van der Waals surface area contributed by atoms with E-state index in [2.05, 4.69) is 66.6 Å². The molecule has 0 aliphatic carbocycles. The van der Waals surface area contributed by atoms with Crippen LogP contribution in [0.3, 0.4) is 0 Å². The first-order valence-corrected chi connectivity index (χ1v) is 9.39. The summed E-state index contributed by atoms with van der Waals surface area (Å²) in [6.45, 7) is 9.01. The van der Waals surface area contributed by atoms with Gasteiger partial charge in [-0.1, -0.05) is 16.7 Å². The number of allylic oxidation sites excluding steroid dienone is 1. The van der Waals surface area contributed by atoms with Crippen LogP contribution in [0.15, 0.2) is 52.9 Å². The highest BCUT2D eigenvalue weighted by molar-refractivity contribution is 5.96. The minimum absolute atomic E-state index is 0.00203. The van der Waals surface area contributed by atoms with Gasteiger partial charge in [-0.15, -0.1) is 0 Å². The molecule has 0 saturated heterocycles. The summed E-state index contributed by atoms with van der Waals surface area (Å²) in [4.78, 5) is 13.1. The van der Waals surface area contributed by atoms with Crippen molar-refractivity contribution in [1.82, 2.24) is 15.5 Å². The van der Waals surface area contributed by atoms with Crippen LogP contribution in [0.1, 0.15) is 39.7 Å². The van der Waals surface area contributed by atoms with E-state index < -0.39 is 5.54 Å². The molecule has 0 saturated carbocycles. The van der Waals surface area contributed by atoms with Crippen molar-refractivity contribution in [2.24, 2.45) is 5.10 Å². The van der Waals surface area contributed by atoms with Gasteiger partial charge >= 0.3 is 0 Å². The number of nitrogens with zero attached hydrogens (tertiary/aromatic N) is 3. The van der Waals surface area contributed by atoms with Crippen LogP contribution >= 0.6 is 0 Å². The molecular weight excluding hydrogens is 338 g/mol. The van der Waals surface area contributed by atoms with E-state index in [0.29, 0.717) is 11.1 Å². The van der Waals surface area contributed by atoms with Crippen molar-refractivity contribution in [3.8, 4) is 0 Å². The number of hydrogen-bond acceptors (Lipinski definition) is 3. The Labute approximate surface area is 159 Å². The van der Waals surface area contributed by atoms with E-state index in [-0.39, 0.29) is 11.9 Å². The van der Waals surface area contributed by atoms with E-state index in [1.54, 1.807) is 0 Å². The maximum absolute atomic E-state index is 13.1. The fraction of sp³-hybridized carbons (Fsp3) is 0.381.